The van der Waals surface area contributed by atoms with Crippen LogP contribution in [0.1, 0.15) is 35.0 Å². The van der Waals surface area contributed by atoms with Crippen LogP contribution in [0.2, 0.25) is 0 Å². The van der Waals surface area contributed by atoms with E-state index >= 15 is 0 Å². The van der Waals surface area contributed by atoms with E-state index < -0.39 is 0 Å². The molecule has 2 amide bonds. The van der Waals surface area contributed by atoms with Gasteiger partial charge in [-0.2, -0.15) is 0 Å². The molecule has 7 nitrogen and oxygen atoms in total. The van der Waals surface area contributed by atoms with Gasteiger partial charge in [0.2, 0.25) is 5.91 Å². The van der Waals surface area contributed by atoms with Gasteiger partial charge in [0.25, 0.3) is 5.91 Å². The Morgan fingerprint density at radius 2 is 1.85 bits per heavy atom. The smallest absolute Gasteiger partial charge is 0.276 e. The molecule has 1 N–H and O–H groups in total. The number of piperazine rings is 1. The predicted molar refractivity (Wildman–Crippen MR) is 95.9 cm³/mol. The average Bonchev–Trinajstić information content (AvgIpc) is 3.40. The van der Waals surface area contributed by atoms with E-state index in [4.69, 9.17) is 4.52 Å². The molecule has 1 saturated heterocycles. The van der Waals surface area contributed by atoms with E-state index in [1.165, 1.54) is 24.3 Å². The molecule has 0 atom stereocenters. The third-order valence-corrected chi connectivity index (χ3v) is 4.88. The van der Waals surface area contributed by atoms with Crippen LogP contribution < -0.4 is 5.32 Å². The van der Waals surface area contributed by atoms with E-state index in [9.17, 15) is 14.0 Å². The number of nitrogens with one attached hydrogen (secondary N) is 1. The number of hydrogen-bond donors (Lipinski definition) is 1. The molecule has 1 aromatic carbocycles. The molecule has 0 unspecified atom stereocenters. The van der Waals surface area contributed by atoms with Crippen LogP contribution >= 0.6 is 0 Å². The summed E-state index contributed by atoms with van der Waals surface area (Å²) in [6.45, 7) is 2.52. The first kappa shape index (κ1) is 17.7. The third kappa shape index (κ3) is 4.33. The summed E-state index contributed by atoms with van der Waals surface area (Å²) in [6, 6.07) is 7.41. The number of benzene rings is 1. The van der Waals surface area contributed by atoms with Gasteiger partial charge in [-0.15, -0.1) is 0 Å². The van der Waals surface area contributed by atoms with Gasteiger partial charge in [-0.05, 0) is 37.1 Å². The first-order chi connectivity index (χ1) is 13.1. The zero-order valence-corrected chi connectivity index (χ0v) is 14.9. The van der Waals surface area contributed by atoms with Crippen LogP contribution in [0.5, 0.6) is 0 Å². The standard InChI is InChI=1S/C19H21FN4O3/c20-14-3-5-15(6-4-14)21-18(25)12-23-7-9-24(10-8-23)19(26)16-11-17(27-22-16)13-1-2-13/h3-6,11,13H,1-2,7-10,12H2,(H,21,25). The van der Waals surface area contributed by atoms with Crippen LogP contribution in [0.25, 0.3) is 0 Å². The Bertz CT molecular complexity index is 824. The summed E-state index contributed by atoms with van der Waals surface area (Å²) < 4.78 is 18.2. The maximum Gasteiger partial charge on any atom is 0.276 e. The SMILES string of the molecule is O=C(CN1CCN(C(=O)c2cc(C3CC3)on2)CC1)Nc1ccc(F)cc1. The van der Waals surface area contributed by atoms with Crippen molar-refractivity contribution in [3.05, 3.63) is 47.6 Å². The second kappa shape index (κ2) is 7.48. The van der Waals surface area contributed by atoms with Crippen LogP contribution in [0.3, 0.4) is 0 Å². The lowest BCUT2D eigenvalue weighted by atomic mass is 10.2. The molecule has 1 aromatic heterocycles. The molecule has 0 spiro atoms. The monoisotopic (exact) mass is 372 g/mol. The van der Waals surface area contributed by atoms with Crippen LogP contribution in [-0.4, -0.2) is 59.5 Å². The first-order valence-corrected chi connectivity index (χ1v) is 9.12. The highest BCUT2D eigenvalue weighted by atomic mass is 19.1. The molecule has 2 fully saturated rings. The molecule has 2 heterocycles. The minimum atomic E-state index is -0.342. The maximum absolute atomic E-state index is 12.9. The zero-order chi connectivity index (χ0) is 18.8. The van der Waals surface area contributed by atoms with E-state index in [2.05, 4.69) is 10.5 Å². The predicted octanol–water partition coefficient (Wildman–Crippen LogP) is 2.09. The molecule has 142 valence electrons. The lowest BCUT2D eigenvalue weighted by Gasteiger charge is -2.33. The van der Waals surface area contributed by atoms with E-state index in [0.29, 0.717) is 43.5 Å². The Kier molecular flexibility index (Phi) is 4.89. The van der Waals surface area contributed by atoms with Crippen molar-refractivity contribution in [3.63, 3.8) is 0 Å². The number of halogens is 1. The second-order valence-corrected chi connectivity index (χ2v) is 7.01. The number of aromatic nitrogens is 1. The molecule has 0 bridgehead atoms. The van der Waals surface area contributed by atoms with E-state index in [-0.39, 0.29) is 24.2 Å². The minimum absolute atomic E-state index is 0.124. The highest BCUT2D eigenvalue weighted by Crippen LogP contribution is 2.40. The zero-order valence-electron chi connectivity index (χ0n) is 14.9. The van der Waals surface area contributed by atoms with Gasteiger partial charge in [-0.3, -0.25) is 14.5 Å². The van der Waals surface area contributed by atoms with Gasteiger partial charge >= 0.3 is 0 Å². The number of carbonyl (C=O) groups excluding carboxylic acids is 2. The van der Waals surface area contributed by atoms with Crippen LogP contribution in [0.15, 0.2) is 34.9 Å². The number of carbonyl (C=O) groups is 2. The topological polar surface area (TPSA) is 78.7 Å². The number of anilines is 1. The largest absolute Gasteiger partial charge is 0.360 e. The fraction of sp³-hybridized carbons (Fsp3) is 0.421. The van der Waals surface area contributed by atoms with Crippen molar-refractivity contribution in [1.29, 1.82) is 0 Å². The highest BCUT2D eigenvalue weighted by molar-refractivity contribution is 5.93. The Balaban J connectivity index is 1.25. The van der Waals surface area contributed by atoms with Crippen molar-refractivity contribution in [1.82, 2.24) is 15.0 Å². The molecule has 0 radical (unpaired) electrons. The van der Waals surface area contributed by atoms with Crippen LogP contribution in [0.4, 0.5) is 10.1 Å². The number of hydrogen-bond acceptors (Lipinski definition) is 5. The normalized spacial score (nSPS) is 17.7. The van der Waals surface area contributed by atoms with Crippen molar-refractivity contribution < 1.29 is 18.5 Å². The third-order valence-electron chi connectivity index (χ3n) is 4.88. The Labute approximate surface area is 156 Å². The van der Waals surface area contributed by atoms with Crippen molar-refractivity contribution in [2.24, 2.45) is 0 Å². The molecule has 8 heteroatoms. The van der Waals surface area contributed by atoms with Crippen molar-refractivity contribution in [2.45, 2.75) is 18.8 Å². The van der Waals surface area contributed by atoms with Gasteiger partial charge in [-0.1, -0.05) is 5.16 Å². The fourth-order valence-corrected chi connectivity index (χ4v) is 3.16. The summed E-state index contributed by atoms with van der Waals surface area (Å²) >= 11 is 0. The molecule has 1 saturated carbocycles. The summed E-state index contributed by atoms with van der Waals surface area (Å²) in [6.07, 6.45) is 2.20. The van der Waals surface area contributed by atoms with Gasteiger partial charge in [0.05, 0.1) is 6.54 Å². The van der Waals surface area contributed by atoms with Crippen LogP contribution in [-0.2, 0) is 4.79 Å². The molecular weight excluding hydrogens is 351 g/mol. The van der Waals surface area contributed by atoms with Gasteiger partial charge in [0.1, 0.15) is 11.6 Å². The van der Waals surface area contributed by atoms with E-state index in [0.717, 1.165) is 18.6 Å². The Morgan fingerprint density at radius 3 is 2.52 bits per heavy atom. The molecular formula is C19H21FN4O3. The van der Waals surface area contributed by atoms with Crippen LogP contribution in [0, 0.1) is 5.82 Å². The maximum atomic E-state index is 12.9. The summed E-state index contributed by atoms with van der Waals surface area (Å²) in [5.74, 6) is 0.600. The van der Waals surface area contributed by atoms with Gasteiger partial charge in [0.15, 0.2) is 5.69 Å². The van der Waals surface area contributed by atoms with Crippen molar-refractivity contribution in [2.75, 3.05) is 38.0 Å². The molecule has 2 aromatic rings. The molecule has 27 heavy (non-hydrogen) atoms. The Morgan fingerprint density at radius 1 is 1.15 bits per heavy atom. The minimum Gasteiger partial charge on any atom is -0.360 e. The average molecular weight is 372 g/mol. The molecule has 4 rings (SSSR count). The fourth-order valence-electron chi connectivity index (χ4n) is 3.16. The Hall–Kier alpha value is -2.74. The first-order valence-electron chi connectivity index (χ1n) is 9.12. The number of nitrogens with zero attached hydrogens (tertiary/aromatic N) is 3. The second-order valence-electron chi connectivity index (χ2n) is 7.01. The quantitative estimate of drug-likeness (QED) is 0.870. The number of rotatable bonds is 5. The van der Waals surface area contributed by atoms with E-state index in [1.807, 2.05) is 4.90 Å². The molecule has 1 aliphatic heterocycles. The highest BCUT2D eigenvalue weighted by Gasteiger charge is 2.30. The van der Waals surface area contributed by atoms with Gasteiger partial charge in [-0.25, -0.2) is 4.39 Å². The number of amides is 2. The molecule has 1 aliphatic carbocycles. The van der Waals surface area contributed by atoms with E-state index in [1.54, 1.807) is 11.0 Å². The molecule has 2 aliphatic rings. The summed E-state index contributed by atoms with van der Waals surface area (Å²) in [5.41, 5.74) is 0.923. The van der Waals surface area contributed by atoms with Gasteiger partial charge < -0.3 is 14.7 Å². The summed E-state index contributed by atoms with van der Waals surface area (Å²) in [7, 11) is 0. The van der Waals surface area contributed by atoms with Crippen molar-refractivity contribution in [3.8, 4) is 0 Å². The lowest BCUT2D eigenvalue weighted by molar-refractivity contribution is -0.117. The van der Waals surface area contributed by atoms with Crippen molar-refractivity contribution >= 4 is 17.5 Å². The lowest BCUT2D eigenvalue weighted by Crippen LogP contribution is -2.50. The van der Waals surface area contributed by atoms with Gasteiger partial charge in [0, 0.05) is 43.9 Å². The summed E-state index contributed by atoms with van der Waals surface area (Å²) in [4.78, 5) is 28.4. The summed E-state index contributed by atoms with van der Waals surface area (Å²) in [5, 5.41) is 6.65.